The molecule has 232 valence electrons. The van der Waals surface area contributed by atoms with Crippen molar-refractivity contribution in [2.45, 2.75) is 68.3 Å². The fourth-order valence-electron chi connectivity index (χ4n) is 7.16. The van der Waals surface area contributed by atoms with Gasteiger partial charge in [-0.1, -0.05) is 52.4 Å². The second kappa shape index (κ2) is 13.3. The monoisotopic (exact) mass is 656 g/mol. The maximum atomic E-state index is 14.7. The Bertz CT molecular complexity index is 1370. The lowest BCUT2D eigenvalue weighted by atomic mass is 9.70. The van der Waals surface area contributed by atoms with Crippen LogP contribution in [0.3, 0.4) is 0 Å². The first-order chi connectivity index (χ1) is 20.8. The lowest BCUT2D eigenvalue weighted by Crippen LogP contribution is -2.57. The van der Waals surface area contributed by atoms with Crippen LogP contribution in [-0.4, -0.2) is 108 Å². The third-order valence-corrected chi connectivity index (χ3v) is 9.75. The van der Waals surface area contributed by atoms with Gasteiger partial charge >= 0.3 is 0 Å². The largest absolute Gasteiger partial charge is 0.396 e. The molecule has 3 unspecified atom stereocenters. The molecule has 43 heavy (non-hydrogen) atoms. The van der Waals surface area contributed by atoms with E-state index in [4.69, 9.17) is 4.74 Å². The maximum Gasteiger partial charge on any atom is 0.250 e. The van der Waals surface area contributed by atoms with Gasteiger partial charge in [-0.2, -0.15) is 0 Å². The normalized spacial score (nSPS) is 27.5. The summed E-state index contributed by atoms with van der Waals surface area (Å²) in [6.07, 6.45) is 5.95. The quantitative estimate of drug-likeness (QED) is 0.178. The Morgan fingerprint density at radius 1 is 1.16 bits per heavy atom. The summed E-state index contributed by atoms with van der Waals surface area (Å²) in [7, 11) is 0. The maximum absolute atomic E-state index is 14.7. The highest BCUT2D eigenvalue weighted by molar-refractivity contribution is 9.09. The Balaban J connectivity index is 1.52. The zero-order valence-electron chi connectivity index (χ0n) is 24.7. The van der Waals surface area contributed by atoms with E-state index >= 15 is 0 Å². The smallest absolute Gasteiger partial charge is 0.250 e. The predicted molar refractivity (Wildman–Crippen MR) is 165 cm³/mol. The molecule has 1 aromatic carbocycles. The van der Waals surface area contributed by atoms with Crippen LogP contribution in [0.4, 0.5) is 0 Å². The zero-order valence-corrected chi connectivity index (χ0v) is 26.3. The summed E-state index contributed by atoms with van der Waals surface area (Å²) in [5.74, 6) is -2.11. The van der Waals surface area contributed by atoms with Crippen molar-refractivity contribution in [2.24, 2.45) is 11.8 Å². The number of likely N-dealkylation sites (tertiary alicyclic amines) is 1. The van der Waals surface area contributed by atoms with Gasteiger partial charge in [0.15, 0.2) is 0 Å². The van der Waals surface area contributed by atoms with Crippen molar-refractivity contribution >= 4 is 44.7 Å². The standard InChI is InChI=1S/C31H41BrN6O5/c1-4-14-35(15-5-2)28(40)24-25-29(41)37(17-10-7-11-18-39)27(31(25)19-21(32)26(24)43-31)30(42)36(16-6-3)20-38-23-13-9-8-12-22(23)33-34-38/h4,6,8-9,12-13,21,24-27,39H,1,3,5,7,10-11,14-20H2,2H3/t21?,24-,25+,26-,27?,31?/m1/s1. The van der Waals surface area contributed by atoms with Crippen LogP contribution < -0.4 is 0 Å². The number of amides is 3. The molecule has 3 amide bonds. The van der Waals surface area contributed by atoms with Gasteiger partial charge < -0.3 is 24.5 Å². The second-order valence-electron chi connectivity index (χ2n) is 11.6. The predicted octanol–water partition coefficient (Wildman–Crippen LogP) is 2.74. The van der Waals surface area contributed by atoms with E-state index in [1.54, 1.807) is 31.5 Å². The van der Waals surface area contributed by atoms with E-state index in [0.717, 1.165) is 11.9 Å². The van der Waals surface area contributed by atoms with Crippen LogP contribution in [0, 0.1) is 11.8 Å². The van der Waals surface area contributed by atoms with E-state index in [9.17, 15) is 19.5 Å². The van der Waals surface area contributed by atoms with Crippen molar-refractivity contribution in [2.75, 3.05) is 32.8 Å². The van der Waals surface area contributed by atoms with E-state index in [-0.39, 0.29) is 42.4 Å². The number of hydrogen-bond donors (Lipinski definition) is 1. The third-order valence-electron chi connectivity index (χ3n) is 8.91. The summed E-state index contributed by atoms with van der Waals surface area (Å²) in [5, 5.41) is 17.8. The van der Waals surface area contributed by atoms with Crippen molar-refractivity contribution in [3.8, 4) is 0 Å². The van der Waals surface area contributed by atoms with Crippen LogP contribution in [0.2, 0.25) is 0 Å². The van der Waals surface area contributed by atoms with Crippen molar-refractivity contribution in [3.05, 3.63) is 49.6 Å². The Morgan fingerprint density at radius 2 is 1.91 bits per heavy atom. The van der Waals surface area contributed by atoms with Gasteiger partial charge in [-0.15, -0.1) is 18.3 Å². The second-order valence-corrected chi connectivity index (χ2v) is 12.8. The minimum absolute atomic E-state index is 0.0606. The van der Waals surface area contributed by atoms with E-state index in [2.05, 4.69) is 39.4 Å². The van der Waals surface area contributed by atoms with Crippen LogP contribution in [0.15, 0.2) is 49.6 Å². The number of para-hydroxylation sites is 1. The van der Waals surface area contributed by atoms with E-state index in [1.165, 1.54) is 0 Å². The third kappa shape index (κ3) is 5.53. The van der Waals surface area contributed by atoms with Crippen molar-refractivity contribution in [1.29, 1.82) is 0 Å². The molecule has 1 N–H and O–H groups in total. The molecule has 0 radical (unpaired) electrons. The molecule has 2 bridgehead atoms. The first-order valence-electron chi connectivity index (χ1n) is 15.1. The number of hydrogen-bond acceptors (Lipinski definition) is 7. The number of rotatable bonds is 15. The highest BCUT2D eigenvalue weighted by Crippen LogP contribution is 2.60. The molecule has 1 spiro atoms. The summed E-state index contributed by atoms with van der Waals surface area (Å²) in [5.41, 5.74) is 0.345. The van der Waals surface area contributed by atoms with Crippen LogP contribution in [0.1, 0.15) is 39.0 Å². The highest BCUT2D eigenvalue weighted by atomic mass is 79.9. The lowest BCUT2D eigenvalue weighted by molar-refractivity contribution is -0.149. The number of carbonyl (C=O) groups excluding carboxylic acids is 3. The highest BCUT2D eigenvalue weighted by Gasteiger charge is 2.76. The summed E-state index contributed by atoms with van der Waals surface area (Å²) in [6.45, 7) is 11.4. The van der Waals surface area contributed by atoms with Crippen LogP contribution in [-0.2, 0) is 25.8 Å². The van der Waals surface area contributed by atoms with E-state index in [1.807, 2.05) is 31.2 Å². The molecule has 3 fully saturated rings. The number of alkyl halides is 1. The number of aliphatic hydroxyl groups is 1. The lowest BCUT2D eigenvalue weighted by Gasteiger charge is -2.37. The molecule has 11 nitrogen and oxygen atoms in total. The number of unbranched alkanes of at least 4 members (excludes halogenated alkanes) is 2. The number of aromatic nitrogens is 3. The Kier molecular flexibility index (Phi) is 9.67. The molecule has 3 aliphatic rings. The number of halogens is 1. The van der Waals surface area contributed by atoms with Gasteiger partial charge in [0, 0.05) is 37.6 Å². The van der Waals surface area contributed by atoms with Crippen LogP contribution in [0.25, 0.3) is 11.0 Å². The van der Waals surface area contributed by atoms with Crippen molar-refractivity contribution < 1.29 is 24.2 Å². The SMILES string of the molecule is C=CCN(Cn1nnc2ccccc21)C(=O)C1N(CCCCCO)C(=O)[C@@H]2[C@@H](C(=O)N(CC=C)CCC)[C@@H]3OC12CC3Br. The molecule has 1 aromatic heterocycles. The van der Waals surface area contributed by atoms with Gasteiger partial charge in [0.05, 0.1) is 23.5 Å². The minimum atomic E-state index is -1.15. The Hall–Kier alpha value is -3.09. The number of nitrogens with zero attached hydrogens (tertiary/aromatic N) is 6. The minimum Gasteiger partial charge on any atom is -0.396 e. The molecule has 0 saturated carbocycles. The summed E-state index contributed by atoms with van der Waals surface area (Å²) in [6, 6.07) is 6.60. The fraction of sp³-hybridized carbons (Fsp3) is 0.581. The molecule has 4 heterocycles. The van der Waals surface area contributed by atoms with Crippen LogP contribution in [0.5, 0.6) is 0 Å². The summed E-state index contributed by atoms with van der Waals surface area (Å²) in [4.78, 5) is 47.9. The molecule has 3 saturated heterocycles. The van der Waals surface area contributed by atoms with Gasteiger partial charge in [0.2, 0.25) is 17.7 Å². The van der Waals surface area contributed by atoms with Gasteiger partial charge in [0.1, 0.15) is 23.8 Å². The first-order valence-corrected chi connectivity index (χ1v) is 16.0. The summed E-state index contributed by atoms with van der Waals surface area (Å²) >= 11 is 3.76. The fourth-order valence-corrected chi connectivity index (χ4v) is 8.10. The van der Waals surface area contributed by atoms with Gasteiger partial charge in [-0.05, 0) is 44.2 Å². The van der Waals surface area contributed by atoms with E-state index in [0.29, 0.717) is 50.8 Å². The summed E-state index contributed by atoms with van der Waals surface area (Å²) < 4.78 is 8.37. The Labute approximate surface area is 260 Å². The molecule has 5 rings (SSSR count). The van der Waals surface area contributed by atoms with Gasteiger partial charge in [-0.3, -0.25) is 14.4 Å². The molecular formula is C31H41BrN6O5. The average Bonchev–Trinajstić information content (AvgIpc) is 3.72. The van der Waals surface area contributed by atoms with Crippen LogP contribution >= 0.6 is 15.9 Å². The molecule has 0 aliphatic carbocycles. The number of carbonyl (C=O) groups is 3. The number of aliphatic hydroxyl groups excluding tert-OH is 1. The number of benzene rings is 1. The molecule has 6 atom stereocenters. The topological polar surface area (TPSA) is 121 Å². The molecule has 3 aliphatic heterocycles. The van der Waals surface area contributed by atoms with Gasteiger partial charge in [0.25, 0.3) is 0 Å². The van der Waals surface area contributed by atoms with Crippen molar-refractivity contribution in [3.63, 3.8) is 0 Å². The Morgan fingerprint density at radius 3 is 2.63 bits per heavy atom. The van der Waals surface area contributed by atoms with Gasteiger partial charge in [-0.25, -0.2) is 4.68 Å². The molecule has 2 aromatic rings. The first kappa shape index (κ1) is 31.3. The number of fused-ring (bicyclic) bond motifs is 2. The molecule has 12 heteroatoms. The zero-order chi connectivity index (χ0) is 30.7. The van der Waals surface area contributed by atoms with Crippen molar-refractivity contribution in [1.82, 2.24) is 29.7 Å². The number of ether oxygens (including phenoxy) is 1. The molecular weight excluding hydrogens is 616 g/mol. The van der Waals surface area contributed by atoms with E-state index < -0.39 is 29.6 Å². The average molecular weight is 658 g/mol.